The number of H-pyrrole nitrogens is 1. The van der Waals surface area contributed by atoms with Gasteiger partial charge in [-0.3, -0.25) is 5.10 Å². The monoisotopic (exact) mass is 337 g/mol. The molecule has 0 saturated carbocycles. The van der Waals surface area contributed by atoms with Crippen molar-refractivity contribution >= 4 is 12.1 Å². The molecule has 1 aromatic heterocycles. The molecule has 23 heavy (non-hydrogen) atoms. The molecule has 10 heteroatoms. The number of aromatic nitrogens is 2. The molecule has 0 bridgehead atoms. The highest BCUT2D eigenvalue weighted by atomic mass is 19.4. The van der Waals surface area contributed by atoms with Crippen LogP contribution in [0.4, 0.5) is 18.0 Å². The van der Waals surface area contributed by atoms with Crippen LogP contribution >= 0.6 is 0 Å². The van der Waals surface area contributed by atoms with Crippen LogP contribution in [0.2, 0.25) is 0 Å². The van der Waals surface area contributed by atoms with Crippen LogP contribution in [0.25, 0.3) is 0 Å². The lowest BCUT2D eigenvalue weighted by Crippen LogP contribution is -2.43. The second-order valence-corrected chi connectivity index (χ2v) is 5.84. The fourth-order valence-electron chi connectivity index (χ4n) is 1.75. The number of aliphatic carboxylic acids is 1. The van der Waals surface area contributed by atoms with E-state index in [1.54, 1.807) is 20.8 Å². The molecule has 3 N–H and O–H groups in total. The number of amides is 1. The van der Waals surface area contributed by atoms with E-state index in [0.29, 0.717) is 0 Å². The molecule has 0 radical (unpaired) electrons. The lowest BCUT2D eigenvalue weighted by molar-refractivity contribution is -0.141. The average Bonchev–Trinajstić information content (AvgIpc) is 2.79. The Morgan fingerprint density at radius 2 is 2.00 bits per heavy atom. The predicted octanol–water partition coefficient (Wildman–Crippen LogP) is 2.34. The number of alkyl carbamates (subject to hydrolysis) is 1. The molecule has 1 unspecified atom stereocenters. The molecular formula is C13H18F3N3O4. The number of hydrogen-bond donors (Lipinski definition) is 3. The lowest BCUT2D eigenvalue weighted by Gasteiger charge is -2.22. The summed E-state index contributed by atoms with van der Waals surface area (Å²) in [5.41, 5.74) is -2.02. The van der Waals surface area contributed by atoms with Crippen LogP contribution in [0, 0.1) is 0 Å². The molecule has 0 spiro atoms. The second-order valence-electron chi connectivity index (χ2n) is 5.84. The van der Waals surface area contributed by atoms with Crippen molar-refractivity contribution in [3.05, 3.63) is 17.5 Å². The highest BCUT2D eigenvalue weighted by Crippen LogP contribution is 2.30. The van der Waals surface area contributed by atoms with Gasteiger partial charge in [-0.05, 0) is 33.6 Å². The largest absolute Gasteiger partial charge is 0.480 e. The highest BCUT2D eigenvalue weighted by Gasteiger charge is 2.35. The topological polar surface area (TPSA) is 104 Å². The SMILES string of the molecule is CC(C)(C)OC(=O)NC(CCc1cn[nH]c1C(F)(F)F)C(=O)O. The number of carboxylic acid groups (broad SMARTS) is 1. The van der Waals surface area contributed by atoms with E-state index in [9.17, 15) is 22.8 Å². The van der Waals surface area contributed by atoms with Crippen LogP contribution in [0.1, 0.15) is 38.4 Å². The second kappa shape index (κ2) is 6.88. The molecule has 0 aliphatic heterocycles. The summed E-state index contributed by atoms with van der Waals surface area (Å²) in [5, 5.41) is 16.3. The van der Waals surface area contributed by atoms with Crippen LogP contribution in [0.3, 0.4) is 0 Å². The number of aryl methyl sites for hydroxylation is 1. The highest BCUT2D eigenvalue weighted by molar-refractivity contribution is 5.80. The summed E-state index contributed by atoms with van der Waals surface area (Å²) in [6.07, 6.45) is -5.04. The molecule has 1 atom stereocenters. The van der Waals surface area contributed by atoms with Crippen LogP contribution in [-0.4, -0.2) is 39.0 Å². The number of nitrogens with one attached hydrogen (secondary N) is 2. The Kier molecular flexibility index (Phi) is 5.62. The summed E-state index contributed by atoms with van der Waals surface area (Å²) < 4.78 is 43.0. The van der Waals surface area contributed by atoms with Crippen molar-refractivity contribution in [1.29, 1.82) is 0 Å². The van der Waals surface area contributed by atoms with Crippen molar-refractivity contribution in [2.24, 2.45) is 0 Å². The minimum Gasteiger partial charge on any atom is -0.480 e. The Balaban J connectivity index is 2.70. The standard InChI is InChI=1S/C13H18F3N3O4/c1-12(2,3)23-11(22)18-8(10(20)21)5-4-7-6-17-19-9(7)13(14,15)16/h6,8H,4-5H2,1-3H3,(H,17,19)(H,18,22)(H,20,21). The number of carboxylic acids is 1. The summed E-state index contributed by atoms with van der Waals surface area (Å²) in [5.74, 6) is -1.37. The van der Waals surface area contributed by atoms with Gasteiger partial charge in [-0.2, -0.15) is 18.3 Å². The van der Waals surface area contributed by atoms with Gasteiger partial charge < -0.3 is 15.2 Å². The van der Waals surface area contributed by atoms with Crippen LogP contribution in [0.15, 0.2) is 6.20 Å². The Labute approximate surface area is 130 Å². The number of aromatic amines is 1. The van der Waals surface area contributed by atoms with E-state index in [1.807, 2.05) is 5.10 Å². The molecule has 130 valence electrons. The van der Waals surface area contributed by atoms with E-state index in [1.165, 1.54) is 0 Å². The molecule has 1 amide bonds. The quantitative estimate of drug-likeness (QED) is 0.765. The van der Waals surface area contributed by atoms with Crippen molar-refractivity contribution in [1.82, 2.24) is 15.5 Å². The number of hydrogen-bond acceptors (Lipinski definition) is 4. The molecule has 0 aliphatic rings. The molecule has 0 aromatic carbocycles. The van der Waals surface area contributed by atoms with Gasteiger partial charge in [0.05, 0.1) is 6.20 Å². The molecule has 7 nitrogen and oxygen atoms in total. The van der Waals surface area contributed by atoms with Gasteiger partial charge in [0.25, 0.3) is 0 Å². The Hall–Kier alpha value is -2.26. The van der Waals surface area contributed by atoms with E-state index >= 15 is 0 Å². The minimum absolute atomic E-state index is 0.172. The van der Waals surface area contributed by atoms with Gasteiger partial charge in [0, 0.05) is 5.56 Å². The maximum Gasteiger partial charge on any atom is 0.433 e. The van der Waals surface area contributed by atoms with E-state index in [4.69, 9.17) is 9.84 Å². The van der Waals surface area contributed by atoms with Gasteiger partial charge in [0.1, 0.15) is 17.3 Å². The van der Waals surface area contributed by atoms with E-state index in [-0.39, 0.29) is 18.4 Å². The number of alkyl halides is 3. The Morgan fingerprint density at radius 1 is 1.39 bits per heavy atom. The first kappa shape index (κ1) is 18.8. The molecule has 0 fully saturated rings. The average molecular weight is 337 g/mol. The smallest absolute Gasteiger partial charge is 0.433 e. The summed E-state index contributed by atoms with van der Waals surface area (Å²) in [6, 6.07) is -1.37. The van der Waals surface area contributed by atoms with Gasteiger partial charge in [-0.15, -0.1) is 0 Å². The van der Waals surface area contributed by atoms with E-state index in [2.05, 4.69) is 10.4 Å². The number of halogens is 3. The van der Waals surface area contributed by atoms with Crippen molar-refractivity contribution < 1.29 is 32.6 Å². The lowest BCUT2D eigenvalue weighted by atomic mass is 10.1. The summed E-state index contributed by atoms with van der Waals surface area (Å²) >= 11 is 0. The molecule has 1 rings (SSSR count). The number of ether oxygens (including phenoxy) is 1. The molecule has 0 saturated heterocycles. The maximum absolute atomic E-state index is 12.7. The summed E-state index contributed by atoms with van der Waals surface area (Å²) in [6.45, 7) is 4.80. The van der Waals surface area contributed by atoms with Crippen molar-refractivity contribution in [3.8, 4) is 0 Å². The van der Waals surface area contributed by atoms with Crippen LogP contribution in [0.5, 0.6) is 0 Å². The van der Waals surface area contributed by atoms with Crippen molar-refractivity contribution in [2.45, 2.75) is 51.4 Å². The van der Waals surface area contributed by atoms with Crippen molar-refractivity contribution in [3.63, 3.8) is 0 Å². The normalized spacial score (nSPS) is 13.5. The third kappa shape index (κ3) is 6.17. The van der Waals surface area contributed by atoms with Crippen LogP contribution in [-0.2, 0) is 22.1 Å². The minimum atomic E-state index is -4.61. The zero-order valence-electron chi connectivity index (χ0n) is 12.8. The summed E-state index contributed by atoms with van der Waals surface area (Å²) in [7, 11) is 0. The van der Waals surface area contributed by atoms with Crippen molar-refractivity contribution in [2.75, 3.05) is 0 Å². The maximum atomic E-state index is 12.7. The number of nitrogens with zero attached hydrogens (tertiary/aromatic N) is 1. The first-order chi connectivity index (χ1) is 10.4. The van der Waals surface area contributed by atoms with Gasteiger partial charge in [0.2, 0.25) is 0 Å². The first-order valence-electron chi connectivity index (χ1n) is 6.72. The summed E-state index contributed by atoms with van der Waals surface area (Å²) in [4.78, 5) is 22.7. The molecular weight excluding hydrogens is 319 g/mol. The predicted molar refractivity (Wildman–Crippen MR) is 72.7 cm³/mol. The fraction of sp³-hybridized carbons (Fsp3) is 0.615. The van der Waals surface area contributed by atoms with E-state index in [0.717, 1.165) is 6.20 Å². The number of carbonyl (C=O) groups excluding carboxylic acids is 1. The Morgan fingerprint density at radius 3 is 2.48 bits per heavy atom. The third-order valence-electron chi connectivity index (χ3n) is 2.69. The first-order valence-corrected chi connectivity index (χ1v) is 6.72. The van der Waals surface area contributed by atoms with E-state index < -0.39 is 35.6 Å². The fourth-order valence-corrected chi connectivity index (χ4v) is 1.75. The van der Waals surface area contributed by atoms with Gasteiger partial charge in [0.15, 0.2) is 0 Å². The number of carbonyl (C=O) groups is 2. The number of rotatable bonds is 5. The van der Waals surface area contributed by atoms with Gasteiger partial charge in [-0.25, -0.2) is 9.59 Å². The van der Waals surface area contributed by atoms with Gasteiger partial charge in [-0.1, -0.05) is 0 Å². The zero-order chi connectivity index (χ0) is 17.8. The molecule has 1 heterocycles. The van der Waals surface area contributed by atoms with Crippen LogP contribution < -0.4 is 5.32 Å². The van der Waals surface area contributed by atoms with Gasteiger partial charge >= 0.3 is 18.2 Å². The molecule has 0 aliphatic carbocycles. The third-order valence-corrected chi connectivity index (χ3v) is 2.69. The Bertz CT molecular complexity index is 564. The zero-order valence-corrected chi connectivity index (χ0v) is 12.8. The molecule has 1 aromatic rings.